The Bertz CT molecular complexity index is 615. The monoisotopic (exact) mass is 274 g/mol. The Morgan fingerprint density at radius 3 is 2.53 bits per heavy atom. The summed E-state index contributed by atoms with van der Waals surface area (Å²) in [6.07, 6.45) is 3.84. The Morgan fingerprint density at radius 1 is 1.00 bits per heavy atom. The molecule has 1 N–H and O–H groups in total. The Balaban J connectivity index is 0.00000108. The zero-order valence-corrected chi connectivity index (χ0v) is 12.2. The maximum Gasteiger partial charge on any atom is 0.137 e. The number of rotatable bonds is 1. The van der Waals surface area contributed by atoms with Gasteiger partial charge in [-0.1, -0.05) is 18.2 Å². The van der Waals surface area contributed by atoms with Gasteiger partial charge < -0.3 is 9.51 Å². The first-order valence-corrected chi connectivity index (χ1v) is 5.07. The van der Waals surface area contributed by atoms with E-state index in [-0.39, 0.29) is 25.2 Å². The van der Waals surface area contributed by atoms with Crippen molar-refractivity contribution in [1.29, 1.82) is 0 Å². The van der Waals surface area contributed by atoms with E-state index in [1.54, 1.807) is 12.1 Å². The van der Waals surface area contributed by atoms with Crippen LogP contribution >= 0.6 is 0 Å². The number of imidazole rings is 1. The molecule has 17 heavy (non-hydrogen) atoms. The second kappa shape index (κ2) is 4.68. The number of hydrogen-bond donors (Lipinski definition) is 1. The number of aromatic nitrogens is 2. The van der Waals surface area contributed by atoms with E-state index < -0.39 is 0 Å². The van der Waals surface area contributed by atoms with E-state index in [4.69, 9.17) is 0 Å². The molecule has 4 heteroatoms. The summed E-state index contributed by atoms with van der Waals surface area (Å²) in [5.74, 6) is 0.255. The Labute approximate surface area is 112 Å². The summed E-state index contributed by atoms with van der Waals surface area (Å²) in [6, 6.07) is 13.0. The van der Waals surface area contributed by atoms with Crippen LogP contribution in [-0.2, 0) is 19.5 Å². The van der Waals surface area contributed by atoms with Crippen molar-refractivity contribution in [3.63, 3.8) is 0 Å². The van der Waals surface area contributed by atoms with Crippen LogP contribution in [0.4, 0.5) is 0 Å². The zero-order valence-electron chi connectivity index (χ0n) is 9.24. The predicted octanol–water partition coefficient (Wildman–Crippen LogP) is 2.70. The standard InChI is InChI=1S/C13H10N2O.Zn/c16-12-6-2-1-5-10(12)11-9-15-8-4-3-7-13(15)14-11;/h1-9,16H;. The summed E-state index contributed by atoms with van der Waals surface area (Å²) in [5.41, 5.74) is 2.41. The van der Waals surface area contributed by atoms with Gasteiger partial charge in [-0.25, -0.2) is 4.98 Å². The molecule has 0 spiro atoms. The van der Waals surface area contributed by atoms with E-state index in [9.17, 15) is 5.11 Å². The Morgan fingerprint density at radius 2 is 1.76 bits per heavy atom. The van der Waals surface area contributed by atoms with Crippen molar-refractivity contribution in [3.05, 3.63) is 54.9 Å². The van der Waals surface area contributed by atoms with Crippen LogP contribution in [0.25, 0.3) is 16.9 Å². The molecule has 3 aromatic rings. The van der Waals surface area contributed by atoms with Gasteiger partial charge in [0.15, 0.2) is 0 Å². The molecule has 3 rings (SSSR count). The van der Waals surface area contributed by atoms with Gasteiger partial charge in [-0.15, -0.1) is 0 Å². The summed E-state index contributed by atoms with van der Waals surface area (Å²) < 4.78 is 1.93. The largest absolute Gasteiger partial charge is 0.507 e. The third-order valence-corrected chi connectivity index (χ3v) is 2.54. The van der Waals surface area contributed by atoms with Crippen LogP contribution < -0.4 is 0 Å². The van der Waals surface area contributed by atoms with Crippen molar-refractivity contribution >= 4 is 5.65 Å². The van der Waals surface area contributed by atoms with E-state index in [1.165, 1.54) is 0 Å². The summed E-state index contributed by atoms with van der Waals surface area (Å²) in [6.45, 7) is 0. The minimum Gasteiger partial charge on any atom is -0.507 e. The first kappa shape index (κ1) is 11.8. The topological polar surface area (TPSA) is 37.5 Å². The van der Waals surface area contributed by atoms with Gasteiger partial charge in [-0.2, -0.15) is 0 Å². The van der Waals surface area contributed by atoms with Crippen LogP contribution in [0.1, 0.15) is 0 Å². The van der Waals surface area contributed by atoms with Crippen molar-refractivity contribution < 1.29 is 24.6 Å². The van der Waals surface area contributed by atoms with Gasteiger partial charge in [0.05, 0.1) is 5.69 Å². The Hall–Kier alpha value is -1.67. The third-order valence-electron chi connectivity index (χ3n) is 2.54. The van der Waals surface area contributed by atoms with Gasteiger partial charge in [0.1, 0.15) is 11.4 Å². The molecule has 0 aliphatic rings. The van der Waals surface area contributed by atoms with E-state index in [2.05, 4.69) is 4.98 Å². The van der Waals surface area contributed by atoms with Gasteiger partial charge in [-0.3, -0.25) is 0 Å². The van der Waals surface area contributed by atoms with Gasteiger partial charge in [0.25, 0.3) is 0 Å². The van der Waals surface area contributed by atoms with Crippen molar-refractivity contribution in [3.8, 4) is 17.0 Å². The van der Waals surface area contributed by atoms with E-state index in [0.29, 0.717) is 0 Å². The van der Waals surface area contributed by atoms with Gasteiger partial charge in [0.2, 0.25) is 0 Å². The van der Waals surface area contributed by atoms with Crippen molar-refractivity contribution in [2.75, 3.05) is 0 Å². The second-order valence-electron chi connectivity index (χ2n) is 3.61. The number of hydrogen-bond acceptors (Lipinski definition) is 2. The summed E-state index contributed by atoms with van der Waals surface area (Å²) >= 11 is 0. The fourth-order valence-electron chi connectivity index (χ4n) is 1.75. The number of para-hydroxylation sites is 1. The fourth-order valence-corrected chi connectivity index (χ4v) is 1.75. The molecular weight excluding hydrogens is 266 g/mol. The van der Waals surface area contributed by atoms with Gasteiger partial charge in [-0.05, 0) is 24.3 Å². The third kappa shape index (κ3) is 2.09. The maximum atomic E-state index is 9.74. The average molecular weight is 276 g/mol. The maximum absolute atomic E-state index is 9.74. The molecule has 0 unspecified atom stereocenters. The number of phenolic OH excluding ortho intramolecular Hbond substituents is 1. The van der Waals surface area contributed by atoms with E-state index >= 15 is 0 Å². The predicted molar refractivity (Wildman–Crippen MR) is 62.3 cm³/mol. The molecule has 1 aromatic carbocycles. The van der Waals surface area contributed by atoms with Crippen LogP contribution in [-0.4, -0.2) is 14.5 Å². The number of fused-ring (bicyclic) bond motifs is 1. The first-order valence-electron chi connectivity index (χ1n) is 5.07. The minimum atomic E-state index is 0. The molecule has 0 aliphatic carbocycles. The number of phenols is 1. The van der Waals surface area contributed by atoms with Gasteiger partial charge in [0, 0.05) is 37.4 Å². The smallest absolute Gasteiger partial charge is 0.137 e. The van der Waals surface area contributed by atoms with Crippen molar-refractivity contribution in [2.24, 2.45) is 0 Å². The van der Waals surface area contributed by atoms with Crippen LogP contribution in [0.15, 0.2) is 54.9 Å². The van der Waals surface area contributed by atoms with Crippen LogP contribution in [0.2, 0.25) is 0 Å². The number of pyridine rings is 1. The second-order valence-corrected chi connectivity index (χ2v) is 3.61. The van der Waals surface area contributed by atoms with Crippen LogP contribution in [0.5, 0.6) is 5.75 Å². The van der Waals surface area contributed by atoms with Crippen LogP contribution in [0, 0.1) is 0 Å². The number of benzene rings is 1. The van der Waals surface area contributed by atoms with Crippen LogP contribution in [0.3, 0.4) is 0 Å². The summed E-state index contributed by atoms with van der Waals surface area (Å²) in [4.78, 5) is 4.45. The molecule has 0 saturated carbocycles. The molecular formula is C13H10N2OZn. The SMILES string of the molecule is Oc1ccccc1-c1cn2ccccc2n1.[Zn]. The van der Waals surface area contributed by atoms with E-state index in [1.807, 2.05) is 47.1 Å². The molecule has 0 atom stereocenters. The molecule has 2 aromatic heterocycles. The van der Waals surface area contributed by atoms with Gasteiger partial charge >= 0.3 is 0 Å². The zero-order chi connectivity index (χ0) is 11.0. The summed E-state index contributed by atoms with van der Waals surface area (Å²) in [5, 5.41) is 9.74. The molecule has 0 radical (unpaired) electrons. The molecule has 0 aliphatic heterocycles. The molecule has 0 fully saturated rings. The summed E-state index contributed by atoms with van der Waals surface area (Å²) in [7, 11) is 0. The molecule has 0 saturated heterocycles. The number of nitrogens with zero attached hydrogens (tertiary/aromatic N) is 2. The molecule has 80 valence electrons. The van der Waals surface area contributed by atoms with E-state index in [0.717, 1.165) is 16.9 Å². The average Bonchev–Trinajstić information content (AvgIpc) is 2.73. The van der Waals surface area contributed by atoms with Crippen molar-refractivity contribution in [1.82, 2.24) is 9.38 Å². The molecule has 2 heterocycles. The van der Waals surface area contributed by atoms with Crippen molar-refractivity contribution in [2.45, 2.75) is 0 Å². The number of aromatic hydroxyl groups is 1. The minimum absolute atomic E-state index is 0. The molecule has 3 nitrogen and oxygen atoms in total. The quantitative estimate of drug-likeness (QED) is 0.694. The first-order chi connectivity index (χ1) is 7.84. The normalized spacial score (nSPS) is 10.1. The molecule has 0 bridgehead atoms. The molecule has 0 amide bonds. The Kier molecular flexibility index (Phi) is 3.25. The fraction of sp³-hybridized carbons (Fsp3) is 0.